The zero-order valence-electron chi connectivity index (χ0n) is 17.3. The zero-order chi connectivity index (χ0) is 21.0. The van der Waals surface area contributed by atoms with E-state index in [9.17, 15) is 5.26 Å². The molecule has 0 saturated carbocycles. The monoisotopic (exact) mass is 419 g/mol. The maximum absolute atomic E-state index is 9.92. The Morgan fingerprint density at radius 2 is 1.93 bits per heavy atom. The van der Waals surface area contributed by atoms with Crippen molar-refractivity contribution in [2.24, 2.45) is 0 Å². The van der Waals surface area contributed by atoms with Crippen molar-refractivity contribution in [3.05, 3.63) is 60.3 Å². The summed E-state index contributed by atoms with van der Waals surface area (Å²) in [5.41, 5.74) is 2.82. The fourth-order valence-corrected chi connectivity index (χ4v) is 4.85. The van der Waals surface area contributed by atoms with Crippen molar-refractivity contribution in [1.29, 1.82) is 5.26 Å². The number of nitriles is 1. The minimum atomic E-state index is -0.484. The Bertz CT molecular complexity index is 1050. The Hall–Kier alpha value is -2.75. The summed E-state index contributed by atoms with van der Waals surface area (Å²) in [5.74, 6) is 0.817. The van der Waals surface area contributed by atoms with Gasteiger partial charge in [0.25, 0.3) is 0 Å². The quantitative estimate of drug-likeness (QED) is 0.542. The number of methoxy groups -OCH3 is 1. The topological polar surface area (TPSA) is 60.1 Å². The first-order valence-corrected chi connectivity index (χ1v) is 11.0. The molecular weight excluding hydrogens is 394 g/mol. The van der Waals surface area contributed by atoms with Crippen molar-refractivity contribution in [3.8, 4) is 23.1 Å². The Morgan fingerprint density at radius 1 is 1.17 bits per heavy atom. The third-order valence-electron chi connectivity index (χ3n) is 5.67. The molecule has 1 saturated heterocycles. The lowest BCUT2D eigenvalue weighted by Gasteiger charge is -2.31. The van der Waals surface area contributed by atoms with Gasteiger partial charge in [0.1, 0.15) is 5.75 Å². The minimum Gasteiger partial charge on any atom is -0.496 e. The molecule has 6 heteroatoms. The van der Waals surface area contributed by atoms with E-state index in [1.165, 1.54) is 0 Å². The van der Waals surface area contributed by atoms with Gasteiger partial charge in [0.05, 0.1) is 29.2 Å². The molecule has 154 valence electrons. The fourth-order valence-electron chi connectivity index (χ4n) is 3.89. The Kier molecular flexibility index (Phi) is 6.12. The molecule has 0 aliphatic carbocycles. The summed E-state index contributed by atoms with van der Waals surface area (Å²) < 4.78 is 13.1. The smallest absolute Gasteiger partial charge is 0.132 e. The normalized spacial score (nSPS) is 15.5. The fraction of sp³-hybridized carbons (Fsp3) is 0.333. The first-order valence-electron chi connectivity index (χ1n) is 10.2. The summed E-state index contributed by atoms with van der Waals surface area (Å²) in [6, 6.07) is 19.2. The van der Waals surface area contributed by atoms with Gasteiger partial charge in [-0.05, 0) is 61.2 Å². The van der Waals surface area contributed by atoms with Crippen LogP contribution in [0.25, 0.3) is 11.3 Å². The van der Waals surface area contributed by atoms with Crippen LogP contribution < -0.4 is 4.74 Å². The van der Waals surface area contributed by atoms with Gasteiger partial charge >= 0.3 is 0 Å². The molecule has 30 heavy (non-hydrogen) atoms. The third-order valence-corrected chi connectivity index (χ3v) is 6.72. The van der Waals surface area contributed by atoms with Gasteiger partial charge in [-0.3, -0.25) is 4.68 Å². The van der Waals surface area contributed by atoms with E-state index in [0.29, 0.717) is 13.2 Å². The van der Waals surface area contributed by atoms with Crippen molar-refractivity contribution in [3.63, 3.8) is 0 Å². The van der Waals surface area contributed by atoms with Crippen molar-refractivity contribution in [2.75, 3.05) is 20.3 Å². The summed E-state index contributed by atoms with van der Waals surface area (Å²) >= 11 is 1.65. The second kappa shape index (κ2) is 8.95. The molecule has 1 fully saturated rings. The van der Waals surface area contributed by atoms with E-state index in [4.69, 9.17) is 9.47 Å². The van der Waals surface area contributed by atoms with Gasteiger partial charge in [0, 0.05) is 30.9 Å². The van der Waals surface area contributed by atoms with Crippen LogP contribution in [0.1, 0.15) is 25.3 Å². The van der Waals surface area contributed by atoms with Crippen molar-refractivity contribution >= 4 is 11.8 Å². The van der Waals surface area contributed by atoms with Gasteiger partial charge < -0.3 is 9.47 Å². The molecule has 0 radical (unpaired) electrons. The van der Waals surface area contributed by atoms with Gasteiger partial charge in [0.15, 0.2) is 0 Å². The van der Waals surface area contributed by atoms with E-state index in [1.807, 2.05) is 29.1 Å². The van der Waals surface area contributed by atoms with Crippen LogP contribution >= 0.6 is 11.8 Å². The van der Waals surface area contributed by atoms with Crippen LogP contribution in [0.5, 0.6) is 5.75 Å². The lowest BCUT2D eigenvalue weighted by atomic mass is 9.75. The van der Waals surface area contributed by atoms with E-state index in [2.05, 4.69) is 48.4 Å². The Morgan fingerprint density at radius 3 is 2.60 bits per heavy atom. The standard InChI is InChI=1S/C24H25N3O2S/c1-3-27-21(10-13-26-27)18-4-7-20(8-5-18)30-23-16-19(6-9-22(23)28-2)24(17-25)11-14-29-15-12-24/h4-10,13,16H,3,11-12,14-15H2,1-2H3. The number of aryl methyl sites for hydroxylation is 1. The molecule has 0 amide bonds. The predicted molar refractivity (Wildman–Crippen MR) is 118 cm³/mol. The second-order valence-electron chi connectivity index (χ2n) is 7.33. The van der Waals surface area contributed by atoms with Gasteiger partial charge in [0.2, 0.25) is 0 Å². The largest absolute Gasteiger partial charge is 0.496 e. The molecule has 1 aromatic heterocycles. The molecule has 0 N–H and O–H groups in total. The first-order chi connectivity index (χ1) is 14.7. The highest BCUT2D eigenvalue weighted by molar-refractivity contribution is 7.99. The summed E-state index contributed by atoms with van der Waals surface area (Å²) in [4.78, 5) is 2.14. The Balaban J connectivity index is 1.61. The highest BCUT2D eigenvalue weighted by atomic mass is 32.2. The van der Waals surface area contributed by atoms with E-state index < -0.39 is 5.41 Å². The summed E-state index contributed by atoms with van der Waals surface area (Å²) in [5, 5.41) is 14.3. The predicted octanol–water partition coefficient (Wildman–Crippen LogP) is 5.30. The van der Waals surface area contributed by atoms with E-state index in [1.54, 1.807) is 18.9 Å². The van der Waals surface area contributed by atoms with Crippen LogP contribution in [0.15, 0.2) is 64.5 Å². The lowest BCUT2D eigenvalue weighted by Crippen LogP contribution is -2.32. The molecular formula is C24H25N3O2S. The number of nitrogens with zero attached hydrogens (tertiary/aromatic N) is 3. The van der Waals surface area contributed by atoms with Gasteiger partial charge in [-0.2, -0.15) is 10.4 Å². The van der Waals surface area contributed by atoms with Crippen molar-refractivity contribution in [2.45, 2.75) is 41.5 Å². The van der Waals surface area contributed by atoms with Gasteiger partial charge in [-0.1, -0.05) is 30.0 Å². The number of hydrogen-bond acceptors (Lipinski definition) is 5. The summed E-state index contributed by atoms with van der Waals surface area (Å²) in [7, 11) is 1.68. The number of aromatic nitrogens is 2. The van der Waals surface area contributed by atoms with E-state index >= 15 is 0 Å². The molecule has 2 heterocycles. The molecule has 1 aliphatic heterocycles. The zero-order valence-corrected chi connectivity index (χ0v) is 18.1. The molecule has 3 aromatic rings. The number of benzene rings is 2. The van der Waals surface area contributed by atoms with Gasteiger partial charge in [-0.25, -0.2) is 0 Å². The molecule has 0 spiro atoms. The molecule has 5 nitrogen and oxygen atoms in total. The van der Waals surface area contributed by atoms with Crippen molar-refractivity contribution in [1.82, 2.24) is 9.78 Å². The average molecular weight is 420 g/mol. The SMILES string of the molecule is CCn1nccc1-c1ccc(Sc2cc(C3(C#N)CCOCC3)ccc2OC)cc1. The van der Waals surface area contributed by atoms with Crippen LogP contribution in [0, 0.1) is 11.3 Å². The highest BCUT2D eigenvalue weighted by Crippen LogP contribution is 2.41. The van der Waals surface area contributed by atoms with Crippen LogP contribution in [0.2, 0.25) is 0 Å². The lowest BCUT2D eigenvalue weighted by molar-refractivity contribution is 0.0674. The van der Waals surface area contributed by atoms with Crippen LogP contribution in [0.4, 0.5) is 0 Å². The third kappa shape index (κ3) is 3.96. The van der Waals surface area contributed by atoms with Crippen molar-refractivity contribution < 1.29 is 9.47 Å². The summed E-state index contributed by atoms with van der Waals surface area (Å²) in [6.45, 7) is 4.18. The van der Waals surface area contributed by atoms with Crippen LogP contribution in [-0.4, -0.2) is 30.1 Å². The number of hydrogen-bond donors (Lipinski definition) is 0. The summed E-state index contributed by atoms with van der Waals surface area (Å²) in [6.07, 6.45) is 3.28. The molecule has 0 atom stereocenters. The highest BCUT2D eigenvalue weighted by Gasteiger charge is 2.35. The maximum atomic E-state index is 9.92. The molecule has 4 rings (SSSR count). The minimum absolute atomic E-state index is 0.484. The number of rotatable bonds is 6. The second-order valence-corrected chi connectivity index (χ2v) is 8.45. The van der Waals surface area contributed by atoms with E-state index in [0.717, 1.165) is 51.7 Å². The average Bonchev–Trinajstić information content (AvgIpc) is 3.29. The number of ether oxygens (including phenoxy) is 2. The van der Waals surface area contributed by atoms with Gasteiger partial charge in [-0.15, -0.1) is 0 Å². The van der Waals surface area contributed by atoms with Crippen LogP contribution in [-0.2, 0) is 16.7 Å². The molecule has 0 bridgehead atoms. The van der Waals surface area contributed by atoms with Crippen LogP contribution in [0.3, 0.4) is 0 Å². The van der Waals surface area contributed by atoms with E-state index in [-0.39, 0.29) is 0 Å². The Labute approximate surface area is 181 Å². The molecule has 1 aliphatic rings. The molecule has 0 unspecified atom stereocenters. The first kappa shape index (κ1) is 20.5. The molecule has 2 aromatic carbocycles. The maximum Gasteiger partial charge on any atom is 0.132 e.